The molecule has 110 valence electrons. The van der Waals surface area contributed by atoms with Crippen molar-refractivity contribution in [3.05, 3.63) is 59.6 Å². The standard InChI is InChI=1S/C17H13NO4/c1-11(19)10-21-13-4-5-14-15(8-13)22-16(17(14)20)7-12-3-2-6-18-9-12/h2-9H,10H2,1H3. The number of allylic oxidation sites excluding steroid dienone is 1. The average Bonchev–Trinajstić information content (AvgIpc) is 2.82. The third kappa shape index (κ3) is 2.88. The number of nitrogens with zero attached hydrogens (tertiary/aromatic N) is 1. The molecule has 0 saturated carbocycles. The van der Waals surface area contributed by atoms with Crippen LogP contribution in [0.2, 0.25) is 0 Å². The molecule has 0 saturated heterocycles. The van der Waals surface area contributed by atoms with E-state index in [9.17, 15) is 9.59 Å². The largest absolute Gasteiger partial charge is 0.486 e. The molecule has 2 aromatic rings. The summed E-state index contributed by atoms with van der Waals surface area (Å²) in [5, 5.41) is 0. The van der Waals surface area contributed by atoms with Gasteiger partial charge in [0.15, 0.2) is 11.5 Å². The third-order valence-electron chi connectivity index (χ3n) is 3.07. The smallest absolute Gasteiger partial charge is 0.231 e. The van der Waals surface area contributed by atoms with Gasteiger partial charge in [-0.3, -0.25) is 14.6 Å². The Morgan fingerprint density at radius 1 is 1.36 bits per heavy atom. The van der Waals surface area contributed by atoms with Crippen molar-refractivity contribution in [2.75, 3.05) is 6.61 Å². The minimum atomic E-state index is -0.183. The van der Waals surface area contributed by atoms with Gasteiger partial charge in [-0.1, -0.05) is 6.07 Å². The van der Waals surface area contributed by atoms with Gasteiger partial charge in [0.1, 0.15) is 18.1 Å². The molecule has 1 aromatic carbocycles. The van der Waals surface area contributed by atoms with Crippen molar-refractivity contribution in [2.45, 2.75) is 6.92 Å². The lowest BCUT2D eigenvalue weighted by Gasteiger charge is -2.04. The number of hydrogen-bond acceptors (Lipinski definition) is 5. The molecule has 2 heterocycles. The summed E-state index contributed by atoms with van der Waals surface area (Å²) in [7, 11) is 0. The fourth-order valence-corrected chi connectivity index (χ4v) is 2.05. The van der Waals surface area contributed by atoms with E-state index >= 15 is 0 Å². The van der Waals surface area contributed by atoms with Gasteiger partial charge in [-0.05, 0) is 36.8 Å². The number of fused-ring (bicyclic) bond motifs is 1. The topological polar surface area (TPSA) is 65.5 Å². The number of ketones is 2. The zero-order valence-corrected chi connectivity index (χ0v) is 11.9. The Morgan fingerprint density at radius 3 is 2.95 bits per heavy atom. The molecule has 0 bridgehead atoms. The van der Waals surface area contributed by atoms with E-state index < -0.39 is 0 Å². The Labute approximate surface area is 127 Å². The molecule has 22 heavy (non-hydrogen) atoms. The van der Waals surface area contributed by atoms with E-state index in [0.717, 1.165) is 5.56 Å². The summed E-state index contributed by atoms with van der Waals surface area (Å²) in [6.07, 6.45) is 4.95. The number of carbonyl (C=O) groups is 2. The predicted molar refractivity (Wildman–Crippen MR) is 79.8 cm³/mol. The molecular weight excluding hydrogens is 282 g/mol. The molecule has 5 heteroatoms. The van der Waals surface area contributed by atoms with Crippen molar-refractivity contribution in [3.63, 3.8) is 0 Å². The van der Waals surface area contributed by atoms with Crippen molar-refractivity contribution >= 4 is 17.6 Å². The molecule has 1 aromatic heterocycles. The minimum absolute atomic E-state index is 0.00882. The number of ether oxygens (including phenoxy) is 2. The minimum Gasteiger partial charge on any atom is -0.486 e. The lowest BCUT2D eigenvalue weighted by atomic mass is 10.1. The van der Waals surface area contributed by atoms with Crippen LogP contribution in [0.5, 0.6) is 11.5 Å². The number of benzene rings is 1. The van der Waals surface area contributed by atoms with Gasteiger partial charge in [0.05, 0.1) is 5.56 Å². The maximum Gasteiger partial charge on any atom is 0.231 e. The van der Waals surface area contributed by atoms with Crippen LogP contribution in [0.1, 0.15) is 22.8 Å². The highest BCUT2D eigenvalue weighted by molar-refractivity contribution is 6.14. The Bertz CT molecular complexity index is 765. The lowest BCUT2D eigenvalue weighted by molar-refractivity contribution is -0.118. The van der Waals surface area contributed by atoms with Crippen molar-refractivity contribution in [3.8, 4) is 11.5 Å². The fourth-order valence-electron chi connectivity index (χ4n) is 2.05. The summed E-state index contributed by atoms with van der Waals surface area (Å²) in [6.45, 7) is 1.44. The SMILES string of the molecule is CC(=O)COc1ccc2c(c1)OC(=Cc1cccnc1)C2=O. The van der Waals surface area contributed by atoms with Gasteiger partial charge in [-0.2, -0.15) is 0 Å². The van der Waals surface area contributed by atoms with Crippen molar-refractivity contribution in [1.82, 2.24) is 4.98 Å². The van der Waals surface area contributed by atoms with Crippen LogP contribution < -0.4 is 9.47 Å². The second-order valence-electron chi connectivity index (χ2n) is 4.87. The molecule has 0 fully saturated rings. The van der Waals surface area contributed by atoms with Crippen molar-refractivity contribution in [2.24, 2.45) is 0 Å². The number of rotatable bonds is 4. The molecule has 0 unspecified atom stereocenters. The molecule has 0 amide bonds. The Kier molecular flexibility index (Phi) is 3.70. The van der Waals surface area contributed by atoms with Crippen LogP contribution in [-0.4, -0.2) is 23.2 Å². The Hall–Kier alpha value is -2.95. The van der Waals surface area contributed by atoms with Gasteiger partial charge in [0.25, 0.3) is 0 Å². The van der Waals surface area contributed by atoms with E-state index in [-0.39, 0.29) is 23.9 Å². The van der Waals surface area contributed by atoms with Crippen LogP contribution in [0.15, 0.2) is 48.5 Å². The van der Waals surface area contributed by atoms with Crippen LogP contribution in [0.25, 0.3) is 6.08 Å². The molecule has 0 aliphatic carbocycles. The molecule has 3 rings (SSSR count). The summed E-state index contributed by atoms with van der Waals surface area (Å²) in [4.78, 5) is 27.2. The van der Waals surface area contributed by atoms with E-state index in [0.29, 0.717) is 17.1 Å². The highest BCUT2D eigenvalue weighted by Crippen LogP contribution is 2.34. The summed E-state index contributed by atoms with van der Waals surface area (Å²) >= 11 is 0. The Balaban J connectivity index is 1.84. The Morgan fingerprint density at radius 2 is 2.23 bits per heavy atom. The van der Waals surface area contributed by atoms with Gasteiger partial charge in [0.2, 0.25) is 5.78 Å². The van der Waals surface area contributed by atoms with Gasteiger partial charge in [-0.25, -0.2) is 0 Å². The first kappa shape index (κ1) is 14.0. The molecule has 1 aliphatic heterocycles. The fraction of sp³-hybridized carbons (Fsp3) is 0.118. The monoisotopic (exact) mass is 295 g/mol. The summed E-state index contributed by atoms with van der Waals surface area (Å²) in [5.41, 5.74) is 1.26. The van der Waals surface area contributed by atoms with Gasteiger partial charge in [-0.15, -0.1) is 0 Å². The molecule has 0 spiro atoms. The maximum atomic E-state index is 12.3. The van der Waals surface area contributed by atoms with Gasteiger partial charge < -0.3 is 9.47 Å². The number of pyridine rings is 1. The third-order valence-corrected chi connectivity index (χ3v) is 3.07. The van der Waals surface area contributed by atoms with E-state index in [1.165, 1.54) is 6.92 Å². The van der Waals surface area contributed by atoms with Crippen LogP contribution in [0.4, 0.5) is 0 Å². The van der Waals surface area contributed by atoms with Gasteiger partial charge >= 0.3 is 0 Å². The molecule has 1 aliphatic rings. The van der Waals surface area contributed by atoms with Crippen LogP contribution >= 0.6 is 0 Å². The zero-order valence-electron chi connectivity index (χ0n) is 11.9. The van der Waals surface area contributed by atoms with E-state index in [4.69, 9.17) is 9.47 Å². The molecule has 5 nitrogen and oxygen atoms in total. The quantitative estimate of drug-likeness (QED) is 0.811. The van der Waals surface area contributed by atoms with Gasteiger partial charge in [0, 0.05) is 18.5 Å². The molecular formula is C17H13NO4. The zero-order chi connectivity index (χ0) is 15.5. The predicted octanol–water partition coefficient (Wildman–Crippen LogP) is 2.67. The van der Waals surface area contributed by atoms with E-state index in [2.05, 4.69) is 4.98 Å². The number of aromatic nitrogens is 1. The van der Waals surface area contributed by atoms with Crippen molar-refractivity contribution in [1.29, 1.82) is 0 Å². The second-order valence-corrected chi connectivity index (χ2v) is 4.87. The first-order chi connectivity index (χ1) is 10.6. The van der Waals surface area contributed by atoms with E-state index in [1.807, 2.05) is 6.07 Å². The number of carbonyl (C=O) groups excluding carboxylic acids is 2. The highest BCUT2D eigenvalue weighted by atomic mass is 16.5. The second kappa shape index (κ2) is 5.81. The maximum absolute atomic E-state index is 12.3. The first-order valence-electron chi connectivity index (χ1n) is 6.74. The van der Waals surface area contributed by atoms with Crippen LogP contribution in [0.3, 0.4) is 0 Å². The molecule has 0 atom stereocenters. The lowest BCUT2D eigenvalue weighted by Crippen LogP contribution is -2.06. The highest BCUT2D eigenvalue weighted by Gasteiger charge is 2.27. The van der Waals surface area contributed by atoms with Crippen LogP contribution in [-0.2, 0) is 4.79 Å². The summed E-state index contributed by atoms with van der Waals surface area (Å²) in [6, 6.07) is 8.52. The molecule has 0 radical (unpaired) electrons. The summed E-state index contributed by atoms with van der Waals surface area (Å²) < 4.78 is 10.9. The van der Waals surface area contributed by atoms with Crippen molar-refractivity contribution < 1.29 is 19.1 Å². The summed E-state index contributed by atoms with van der Waals surface area (Å²) in [5.74, 6) is 0.906. The van der Waals surface area contributed by atoms with Crippen LogP contribution in [0, 0.1) is 0 Å². The normalized spacial score (nSPS) is 14.6. The number of Topliss-reactive ketones (excluding diaryl/α,β-unsaturated/α-hetero) is 2. The number of hydrogen-bond donors (Lipinski definition) is 0. The first-order valence-corrected chi connectivity index (χ1v) is 6.74. The average molecular weight is 295 g/mol. The van der Waals surface area contributed by atoms with E-state index in [1.54, 1.807) is 42.7 Å². The molecule has 0 N–H and O–H groups in total.